The Labute approximate surface area is 261 Å². The quantitative estimate of drug-likeness (QED) is 0.151. The summed E-state index contributed by atoms with van der Waals surface area (Å²) in [5, 5.41) is 11.8. The minimum Gasteiger partial charge on any atom is -0.507 e. The van der Waals surface area contributed by atoms with Crippen LogP contribution in [0.4, 0.5) is 0 Å². The monoisotopic (exact) mass is 596 g/mol. The standard InChI is InChI=1S/C39H32O6/c1-3-30(29-19-20-33(35(21-29)42-2)43-24-26-13-7-4-8-14-26)37-31(40)23-36(44-25-27-15-9-5-10-16-27)38-32(41)22-34(45-39(37)38)28-17-11-6-12-18-28/h3-23,30,40H,1,24-25H2,2H3/t30-/m0/s1. The first kappa shape index (κ1) is 29.3. The molecule has 0 aliphatic carbocycles. The van der Waals surface area contributed by atoms with Gasteiger partial charge in [0.25, 0.3) is 0 Å². The molecule has 0 aliphatic rings. The Hall–Kier alpha value is -5.75. The Bertz CT molecular complexity index is 1980. The first-order chi connectivity index (χ1) is 22.1. The van der Waals surface area contributed by atoms with E-state index in [4.69, 9.17) is 18.6 Å². The van der Waals surface area contributed by atoms with Gasteiger partial charge in [0.15, 0.2) is 16.9 Å². The molecule has 45 heavy (non-hydrogen) atoms. The van der Waals surface area contributed by atoms with Crippen molar-refractivity contribution in [2.24, 2.45) is 0 Å². The van der Waals surface area contributed by atoms with Crippen LogP contribution in [0, 0.1) is 0 Å². The third-order valence-electron chi connectivity index (χ3n) is 7.61. The number of rotatable bonds is 11. The van der Waals surface area contributed by atoms with Crippen LogP contribution in [-0.2, 0) is 13.2 Å². The van der Waals surface area contributed by atoms with Crippen molar-refractivity contribution in [2.75, 3.05) is 7.11 Å². The van der Waals surface area contributed by atoms with Crippen molar-refractivity contribution in [3.63, 3.8) is 0 Å². The zero-order chi connectivity index (χ0) is 31.2. The van der Waals surface area contributed by atoms with Gasteiger partial charge in [0.05, 0.1) is 7.11 Å². The number of ether oxygens (including phenoxy) is 3. The molecule has 0 radical (unpaired) electrons. The molecule has 1 atom stereocenters. The van der Waals surface area contributed by atoms with Crippen LogP contribution in [0.15, 0.2) is 143 Å². The molecule has 1 N–H and O–H groups in total. The van der Waals surface area contributed by atoms with E-state index in [9.17, 15) is 9.90 Å². The lowest BCUT2D eigenvalue weighted by Gasteiger charge is -2.20. The van der Waals surface area contributed by atoms with Gasteiger partial charge in [0.1, 0.15) is 41.4 Å². The molecule has 6 rings (SSSR count). The molecular formula is C39H32O6. The van der Waals surface area contributed by atoms with E-state index in [2.05, 4.69) is 6.58 Å². The maximum Gasteiger partial charge on any atom is 0.197 e. The van der Waals surface area contributed by atoms with Crippen molar-refractivity contribution in [3.8, 4) is 34.3 Å². The first-order valence-corrected chi connectivity index (χ1v) is 14.6. The molecule has 0 aliphatic heterocycles. The van der Waals surface area contributed by atoms with Crippen LogP contribution < -0.4 is 19.6 Å². The van der Waals surface area contributed by atoms with E-state index in [0.717, 1.165) is 22.3 Å². The lowest BCUT2D eigenvalue weighted by molar-refractivity contribution is 0.284. The molecule has 1 aromatic heterocycles. The van der Waals surface area contributed by atoms with E-state index in [-0.39, 0.29) is 34.5 Å². The second kappa shape index (κ2) is 13.3. The summed E-state index contributed by atoms with van der Waals surface area (Å²) in [6.45, 7) is 4.67. The SMILES string of the molecule is C=C[C@@H](c1ccc(OCc2ccccc2)c(OC)c1)c1c(O)cc(OCc2ccccc2)c2c(=O)cc(-c3ccccc3)oc12. The van der Waals surface area contributed by atoms with E-state index in [1.54, 1.807) is 13.2 Å². The molecule has 0 saturated carbocycles. The fraction of sp³-hybridized carbons (Fsp3) is 0.103. The average Bonchev–Trinajstić information content (AvgIpc) is 3.09. The average molecular weight is 597 g/mol. The maximum atomic E-state index is 13.8. The molecule has 1 heterocycles. The first-order valence-electron chi connectivity index (χ1n) is 14.6. The van der Waals surface area contributed by atoms with Crippen LogP contribution in [0.3, 0.4) is 0 Å². The number of benzene rings is 5. The zero-order valence-corrected chi connectivity index (χ0v) is 24.8. The second-order valence-corrected chi connectivity index (χ2v) is 10.5. The number of phenols is 1. The van der Waals surface area contributed by atoms with Gasteiger partial charge < -0.3 is 23.7 Å². The fourth-order valence-corrected chi connectivity index (χ4v) is 5.35. The molecule has 224 valence electrons. The molecule has 5 aromatic carbocycles. The summed E-state index contributed by atoms with van der Waals surface area (Å²) >= 11 is 0. The molecule has 6 aromatic rings. The molecule has 0 amide bonds. The van der Waals surface area contributed by atoms with E-state index in [1.165, 1.54) is 12.1 Å². The summed E-state index contributed by atoms with van der Waals surface area (Å²) in [5.41, 5.74) is 3.77. The van der Waals surface area contributed by atoms with Gasteiger partial charge in [-0.15, -0.1) is 6.58 Å². The molecule has 6 nitrogen and oxygen atoms in total. The van der Waals surface area contributed by atoms with Crippen LogP contribution >= 0.6 is 0 Å². The van der Waals surface area contributed by atoms with Crippen molar-refractivity contribution in [1.82, 2.24) is 0 Å². The Morgan fingerprint density at radius 3 is 1.96 bits per heavy atom. The summed E-state index contributed by atoms with van der Waals surface area (Å²) in [6, 6.07) is 37.3. The van der Waals surface area contributed by atoms with E-state index >= 15 is 0 Å². The highest BCUT2D eigenvalue weighted by atomic mass is 16.5. The van der Waals surface area contributed by atoms with Crippen molar-refractivity contribution in [3.05, 3.63) is 166 Å². The van der Waals surface area contributed by atoms with Crippen LogP contribution in [-0.4, -0.2) is 12.2 Å². The zero-order valence-electron chi connectivity index (χ0n) is 24.8. The van der Waals surface area contributed by atoms with Crippen molar-refractivity contribution < 1.29 is 23.7 Å². The molecule has 0 spiro atoms. The lowest BCUT2D eigenvalue weighted by atomic mass is 9.88. The highest BCUT2D eigenvalue weighted by Crippen LogP contribution is 2.44. The predicted octanol–water partition coefficient (Wildman–Crippen LogP) is 8.65. The second-order valence-electron chi connectivity index (χ2n) is 10.5. The Kier molecular flexibility index (Phi) is 8.65. The normalized spacial score (nSPS) is 11.6. The lowest BCUT2D eigenvalue weighted by Crippen LogP contribution is -2.09. The van der Waals surface area contributed by atoms with Gasteiger partial charge in [-0.05, 0) is 28.8 Å². The topological polar surface area (TPSA) is 78.1 Å². The molecule has 0 saturated heterocycles. The largest absolute Gasteiger partial charge is 0.507 e. The van der Waals surface area contributed by atoms with Crippen molar-refractivity contribution in [1.29, 1.82) is 0 Å². The van der Waals surface area contributed by atoms with Gasteiger partial charge in [0.2, 0.25) is 0 Å². The van der Waals surface area contributed by atoms with Gasteiger partial charge >= 0.3 is 0 Å². The van der Waals surface area contributed by atoms with Gasteiger partial charge in [-0.25, -0.2) is 0 Å². The van der Waals surface area contributed by atoms with Crippen LogP contribution in [0.2, 0.25) is 0 Å². The summed E-state index contributed by atoms with van der Waals surface area (Å²) < 4.78 is 24.3. The number of allylic oxidation sites excluding steroid dienone is 1. The molecule has 0 bridgehead atoms. The van der Waals surface area contributed by atoms with Crippen molar-refractivity contribution in [2.45, 2.75) is 19.1 Å². The summed E-state index contributed by atoms with van der Waals surface area (Å²) in [7, 11) is 1.58. The van der Waals surface area contributed by atoms with E-state index < -0.39 is 5.92 Å². The molecule has 0 unspecified atom stereocenters. The predicted molar refractivity (Wildman–Crippen MR) is 176 cm³/mol. The van der Waals surface area contributed by atoms with Gasteiger partial charge in [-0.3, -0.25) is 4.79 Å². The maximum absolute atomic E-state index is 13.8. The van der Waals surface area contributed by atoms with E-state index in [1.807, 2.05) is 109 Å². The van der Waals surface area contributed by atoms with Gasteiger partial charge in [-0.1, -0.05) is 103 Å². The Balaban J connectivity index is 1.45. The number of hydrogen-bond acceptors (Lipinski definition) is 6. The third kappa shape index (κ3) is 6.31. The van der Waals surface area contributed by atoms with Crippen LogP contribution in [0.25, 0.3) is 22.3 Å². The fourth-order valence-electron chi connectivity index (χ4n) is 5.35. The van der Waals surface area contributed by atoms with Gasteiger partial charge in [0, 0.05) is 29.2 Å². The molecular weight excluding hydrogens is 564 g/mol. The minimum atomic E-state index is -0.568. The van der Waals surface area contributed by atoms with Crippen molar-refractivity contribution >= 4 is 11.0 Å². The van der Waals surface area contributed by atoms with Gasteiger partial charge in [-0.2, -0.15) is 0 Å². The summed E-state index contributed by atoms with van der Waals surface area (Å²) in [6.07, 6.45) is 1.70. The molecule has 6 heteroatoms. The number of hydrogen-bond donors (Lipinski definition) is 1. The number of phenolic OH excluding ortho intramolecular Hbond substituents is 1. The highest BCUT2D eigenvalue weighted by Gasteiger charge is 2.26. The Morgan fingerprint density at radius 1 is 0.756 bits per heavy atom. The summed E-state index contributed by atoms with van der Waals surface area (Å²) in [4.78, 5) is 13.8. The Morgan fingerprint density at radius 2 is 1.36 bits per heavy atom. The minimum absolute atomic E-state index is 0.0906. The van der Waals surface area contributed by atoms with Crippen LogP contribution in [0.1, 0.15) is 28.2 Å². The van der Waals surface area contributed by atoms with Crippen LogP contribution in [0.5, 0.6) is 23.0 Å². The van der Waals surface area contributed by atoms with E-state index in [0.29, 0.717) is 29.4 Å². The molecule has 0 fully saturated rings. The summed E-state index contributed by atoms with van der Waals surface area (Å²) in [5.74, 6) is 1.04. The number of aromatic hydroxyl groups is 1. The highest BCUT2D eigenvalue weighted by molar-refractivity contribution is 5.90. The number of methoxy groups -OCH3 is 1. The third-order valence-corrected chi connectivity index (χ3v) is 7.61. The smallest absolute Gasteiger partial charge is 0.197 e. The number of fused-ring (bicyclic) bond motifs is 1.